The third kappa shape index (κ3) is 4.45. The van der Waals surface area contributed by atoms with Crippen molar-refractivity contribution in [2.45, 2.75) is 49.1 Å². The highest BCUT2D eigenvalue weighted by Crippen LogP contribution is 2.29. The van der Waals surface area contributed by atoms with Crippen LogP contribution in [0.3, 0.4) is 0 Å². The lowest BCUT2D eigenvalue weighted by Gasteiger charge is -2.28. The molecule has 0 unspecified atom stereocenters. The molecule has 1 saturated carbocycles. The molecule has 0 saturated heterocycles. The zero-order valence-electron chi connectivity index (χ0n) is 12.5. The van der Waals surface area contributed by atoms with Crippen molar-refractivity contribution in [3.8, 4) is 0 Å². The van der Waals surface area contributed by atoms with Crippen molar-refractivity contribution in [3.63, 3.8) is 0 Å². The monoisotopic (exact) mass is 312 g/mol. The fourth-order valence-corrected chi connectivity index (χ4v) is 3.64. The first kappa shape index (κ1) is 15.8. The SMILES string of the molecule is CCNc1cc(NC2CCC(SC)CC2)nc(SC)n1. The Morgan fingerprint density at radius 1 is 1.15 bits per heavy atom. The van der Waals surface area contributed by atoms with Crippen LogP contribution in [0.4, 0.5) is 11.6 Å². The molecule has 4 nitrogen and oxygen atoms in total. The summed E-state index contributed by atoms with van der Waals surface area (Å²) >= 11 is 3.59. The molecule has 0 amide bonds. The van der Waals surface area contributed by atoms with Gasteiger partial charge >= 0.3 is 0 Å². The summed E-state index contributed by atoms with van der Waals surface area (Å²) in [6, 6.07) is 2.57. The lowest BCUT2D eigenvalue weighted by Crippen LogP contribution is -2.27. The first-order valence-corrected chi connectivity index (χ1v) is 9.72. The predicted octanol–water partition coefficient (Wildman–Crippen LogP) is 3.72. The van der Waals surface area contributed by atoms with E-state index in [4.69, 9.17) is 0 Å². The molecule has 1 aromatic rings. The summed E-state index contributed by atoms with van der Waals surface area (Å²) in [5.41, 5.74) is 0. The second-order valence-corrected chi connectivity index (χ2v) is 6.92. The molecule has 1 aliphatic rings. The standard InChI is InChI=1S/C14H24N4S2/c1-4-15-12-9-13(18-14(17-12)20-3)16-10-5-7-11(19-2)8-6-10/h9-11H,4-8H2,1-3H3,(H2,15,16,17,18). The van der Waals surface area contributed by atoms with E-state index >= 15 is 0 Å². The van der Waals surface area contributed by atoms with E-state index in [-0.39, 0.29) is 0 Å². The molecule has 1 aromatic heterocycles. The number of rotatable bonds is 6. The van der Waals surface area contributed by atoms with Crippen LogP contribution in [0, 0.1) is 0 Å². The van der Waals surface area contributed by atoms with E-state index in [1.807, 2.05) is 24.1 Å². The molecule has 0 atom stereocenters. The first-order valence-electron chi connectivity index (χ1n) is 7.21. The molecular weight excluding hydrogens is 288 g/mol. The highest BCUT2D eigenvalue weighted by atomic mass is 32.2. The van der Waals surface area contributed by atoms with Gasteiger partial charge in [-0.3, -0.25) is 0 Å². The van der Waals surface area contributed by atoms with Gasteiger partial charge in [-0.25, -0.2) is 9.97 Å². The topological polar surface area (TPSA) is 49.8 Å². The van der Waals surface area contributed by atoms with Gasteiger partial charge in [0.05, 0.1) is 0 Å². The maximum absolute atomic E-state index is 4.56. The van der Waals surface area contributed by atoms with Crippen LogP contribution in [0.25, 0.3) is 0 Å². The van der Waals surface area contributed by atoms with Gasteiger partial charge in [-0.1, -0.05) is 11.8 Å². The molecule has 2 N–H and O–H groups in total. The summed E-state index contributed by atoms with van der Waals surface area (Å²) in [5.74, 6) is 1.86. The minimum atomic E-state index is 0.553. The number of aromatic nitrogens is 2. The minimum Gasteiger partial charge on any atom is -0.370 e. The highest BCUT2D eigenvalue weighted by molar-refractivity contribution is 7.99. The molecule has 112 valence electrons. The molecule has 2 rings (SSSR count). The van der Waals surface area contributed by atoms with Crippen LogP contribution in [-0.4, -0.2) is 40.3 Å². The van der Waals surface area contributed by atoms with E-state index in [2.05, 4.69) is 33.8 Å². The third-order valence-electron chi connectivity index (χ3n) is 3.61. The number of nitrogens with zero attached hydrogens (tertiary/aromatic N) is 2. The average molecular weight is 313 g/mol. The van der Waals surface area contributed by atoms with Crippen LogP contribution in [0.5, 0.6) is 0 Å². The molecule has 20 heavy (non-hydrogen) atoms. The lowest BCUT2D eigenvalue weighted by molar-refractivity contribution is 0.472. The molecule has 0 spiro atoms. The number of anilines is 2. The van der Waals surface area contributed by atoms with E-state index in [1.165, 1.54) is 25.7 Å². The number of nitrogens with one attached hydrogen (secondary N) is 2. The Morgan fingerprint density at radius 2 is 1.85 bits per heavy atom. The molecule has 1 fully saturated rings. The summed E-state index contributed by atoms with van der Waals surface area (Å²) < 4.78 is 0. The number of thioether (sulfide) groups is 2. The second-order valence-electron chi connectivity index (χ2n) is 5.01. The third-order valence-corrected chi connectivity index (χ3v) is 5.29. The highest BCUT2D eigenvalue weighted by Gasteiger charge is 2.20. The Kier molecular flexibility index (Phi) is 6.29. The van der Waals surface area contributed by atoms with E-state index in [1.54, 1.807) is 11.8 Å². The van der Waals surface area contributed by atoms with Crippen LogP contribution < -0.4 is 10.6 Å². The van der Waals surface area contributed by atoms with Crippen molar-refractivity contribution in [2.75, 3.05) is 29.7 Å². The van der Waals surface area contributed by atoms with Crippen LogP contribution in [0.2, 0.25) is 0 Å². The van der Waals surface area contributed by atoms with Gasteiger partial charge in [-0.05, 0) is 45.1 Å². The van der Waals surface area contributed by atoms with Crippen LogP contribution in [0.15, 0.2) is 11.2 Å². The quantitative estimate of drug-likeness (QED) is 0.617. The number of hydrogen-bond donors (Lipinski definition) is 2. The fourth-order valence-electron chi connectivity index (χ4n) is 2.51. The van der Waals surface area contributed by atoms with Gasteiger partial charge in [0, 0.05) is 23.9 Å². The maximum Gasteiger partial charge on any atom is 0.191 e. The Labute approximate surface area is 130 Å². The van der Waals surface area contributed by atoms with Gasteiger partial charge in [0.25, 0.3) is 0 Å². The molecule has 0 bridgehead atoms. The van der Waals surface area contributed by atoms with Gasteiger partial charge < -0.3 is 10.6 Å². The van der Waals surface area contributed by atoms with Crippen molar-refractivity contribution in [2.24, 2.45) is 0 Å². The smallest absolute Gasteiger partial charge is 0.191 e. The van der Waals surface area contributed by atoms with Crippen molar-refractivity contribution in [3.05, 3.63) is 6.07 Å². The molecule has 0 aromatic carbocycles. The van der Waals surface area contributed by atoms with Gasteiger partial charge in [-0.2, -0.15) is 11.8 Å². The molecule has 1 heterocycles. The van der Waals surface area contributed by atoms with E-state index in [0.717, 1.165) is 28.6 Å². The van der Waals surface area contributed by atoms with Gasteiger partial charge in [-0.15, -0.1) is 0 Å². The Morgan fingerprint density at radius 3 is 2.45 bits per heavy atom. The maximum atomic E-state index is 4.56. The molecule has 0 aliphatic heterocycles. The zero-order valence-corrected chi connectivity index (χ0v) is 14.1. The molecule has 1 aliphatic carbocycles. The van der Waals surface area contributed by atoms with Crippen LogP contribution in [0.1, 0.15) is 32.6 Å². The minimum absolute atomic E-state index is 0.553. The van der Waals surface area contributed by atoms with Gasteiger partial charge in [0.1, 0.15) is 11.6 Å². The summed E-state index contributed by atoms with van der Waals surface area (Å²) in [6.07, 6.45) is 9.31. The number of hydrogen-bond acceptors (Lipinski definition) is 6. The Balaban J connectivity index is 1.99. The Bertz CT molecular complexity index is 420. The van der Waals surface area contributed by atoms with E-state index < -0.39 is 0 Å². The predicted molar refractivity (Wildman–Crippen MR) is 91.2 cm³/mol. The fraction of sp³-hybridized carbons (Fsp3) is 0.714. The first-order chi connectivity index (χ1) is 9.75. The summed E-state index contributed by atoms with van der Waals surface area (Å²) in [4.78, 5) is 9.02. The molecule has 0 radical (unpaired) electrons. The lowest BCUT2D eigenvalue weighted by atomic mass is 9.95. The average Bonchev–Trinajstić information content (AvgIpc) is 2.48. The normalized spacial score (nSPS) is 22.6. The summed E-state index contributed by atoms with van der Waals surface area (Å²) in [6.45, 7) is 2.96. The summed E-state index contributed by atoms with van der Waals surface area (Å²) in [7, 11) is 0. The van der Waals surface area contributed by atoms with E-state index in [0.29, 0.717) is 6.04 Å². The van der Waals surface area contributed by atoms with Crippen molar-refractivity contribution < 1.29 is 0 Å². The van der Waals surface area contributed by atoms with Gasteiger partial charge in [0.2, 0.25) is 0 Å². The van der Waals surface area contributed by atoms with Crippen molar-refractivity contribution >= 4 is 35.2 Å². The largest absolute Gasteiger partial charge is 0.370 e. The summed E-state index contributed by atoms with van der Waals surface area (Å²) in [5, 5.41) is 8.52. The van der Waals surface area contributed by atoms with Crippen molar-refractivity contribution in [1.82, 2.24) is 9.97 Å². The van der Waals surface area contributed by atoms with E-state index in [9.17, 15) is 0 Å². The molecular formula is C14H24N4S2. The molecule has 6 heteroatoms. The van der Waals surface area contributed by atoms with Crippen molar-refractivity contribution in [1.29, 1.82) is 0 Å². The van der Waals surface area contributed by atoms with Gasteiger partial charge in [0.15, 0.2) is 5.16 Å². The second kappa shape index (κ2) is 7.98. The van der Waals surface area contributed by atoms with Crippen LogP contribution >= 0.6 is 23.5 Å². The zero-order chi connectivity index (χ0) is 14.4. The Hall–Kier alpha value is -0.620. The van der Waals surface area contributed by atoms with Crippen LogP contribution in [-0.2, 0) is 0 Å².